The van der Waals surface area contributed by atoms with Crippen molar-refractivity contribution in [3.05, 3.63) is 12.7 Å². The van der Waals surface area contributed by atoms with Gasteiger partial charge in [0.1, 0.15) is 0 Å². The Morgan fingerprint density at radius 2 is 2.44 bits per heavy atom. The molecule has 0 aromatic rings. The van der Waals surface area contributed by atoms with Crippen LogP contribution in [0.2, 0.25) is 0 Å². The highest BCUT2D eigenvalue weighted by molar-refractivity contribution is 8.14. The molecule has 0 aromatic carbocycles. The molecule has 1 aliphatic rings. The van der Waals surface area contributed by atoms with E-state index in [1.807, 2.05) is 0 Å². The van der Waals surface area contributed by atoms with Gasteiger partial charge in [0.15, 0.2) is 5.54 Å². The summed E-state index contributed by atoms with van der Waals surface area (Å²) >= 11 is 1.67. The highest BCUT2D eigenvalue weighted by atomic mass is 32.2. The fourth-order valence-electron chi connectivity index (χ4n) is 1.73. The summed E-state index contributed by atoms with van der Waals surface area (Å²) in [6.45, 7) is 5.84. The fraction of sp³-hybridized carbons (Fsp3) is 0.667. The van der Waals surface area contributed by atoms with Gasteiger partial charge in [0.2, 0.25) is 5.91 Å². The van der Waals surface area contributed by atoms with Gasteiger partial charge >= 0.3 is 0 Å². The Morgan fingerprint density at radius 3 is 3.00 bits per heavy atom. The van der Waals surface area contributed by atoms with Crippen LogP contribution in [0.1, 0.15) is 39.0 Å². The molecule has 1 amide bonds. The standard InChI is InChI=1S/C12H20N2OS/c1-3-5-6-7-10-14-12(8-4-2,9-16-10)11(13)15/h4H,2-3,5-9H2,1H3,(H2,13,15)/t12-/m1/s1. The van der Waals surface area contributed by atoms with Gasteiger partial charge in [-0.2, -0.15) is 0 Å². The van der Waals surface area contributed by atoms with E-state index in [2.05, 4.69) is 18.5 Å². The summed E-state index contributed by atoms with van der Waals surface area (Å²) in [6.07, 6.45) is 6.81. The van der Waals surface area contributed by atoms with E-state index in [0.717, 1.165) is 17.9 Å². The van der Waals surface area contributed by atoms with Crippen LogP contribution in [0.15, 0.2) is 17.6 Å². The van der Waals surface area contributed by atoms with Crippen LogP contribution >= 0.6 is 11.8 Å². The molecule has 0 saturated carbocycles. The number of nitrogens with two attached hydrogens (primary N) is 1. The summed E-state index contributed by atoms with van der Waals surface area (Å²) in [7, 11) is 0. The minimum atomic E-state index is -0.714. The number of rotatable bonds is 7. The second-order valence-electron chi connectivity index (χ2n) is 4.14. The van der Waals surface area contributed by atoms with Crippen LogP contribution in [-0.2, 0) is 4.79 Å². The molecule has 0 aromatic heterocycles. The molecule has 0 radical (unpaired) electrons. The lowest BCUT2D eigenvalue weighted by atomic mass is 9.98. The number of hydrogen-bond donors (Lipinski definition) is 1. The highest BCUT2D eigenvalue weighted by Gasteiger charge is 2.39. The molecule has 0 aliphatic carbocycles. The Labute approximate surface area is 102 Å². The topological polar surface area (TPSA) is 55.5 Å². The number of aliphatic imine (C=N–C) groups is 1. The third kappa shape index (κ3) is 3.11. The summed E-state index contributed by atoms with van der Waals surface area (Å²) in [5.41, 5.74) is 4.71. The van der Waals surface area contributed by atoms with Crippen LogP contribution in [0.5, 0.6) is 0 Å². The lowest BCUT2D eigenvalue weighted by Gasteiger charge is -2.18. The Hall–Kier alpha value is -0.770. The van der Waals surface area contributed by atoms with Gasteiger partial charge in [-0.1, -0.05) is 25.8 Å². The Bertz CT molecular complexity index is 301. The molecule has 0 saturated heterocycles. The number of unbranched alkanes of at least 4 members (excludes halogenated alkanes) is 2. The molecule has 16 heavy (non-hydrogen) atoms. The number of nitrogens with zero attached hydrogens (tertiary/aromatic N) is 1. The molecule has 1 rings (SSSR count). The summed E-state index contributed by atoms with van der Waals surface area (Å²) in [5, 5.41) is 1.08. The molecule has 0 unspecified atom stereocenters. The van der Waals surface area contributed by atoms with E-state index < -0.39 is 5.54 Å². The van der Waals surface area contributed by atoms with Crippen molar-refractivity contribution in [2.75, 3.05) is 5.75 Å². The van der Waals surface area contributed by atoms with Gasteiger partial charge in [-0.15, -0.1) is 18.3 Å². The molecule has 3 nitrogen and oxygen atoms in total. The molecule has 0 spiro atoms. The van der Waals surface area contributed by atoms with E-state index in [4.69, 9.17) is 5.73 Å². The normalized spacial score (nSPS) is 24.2. The maximum absolute atomic E-state index is 11.4. The molecule has 1 aliphatic heterocycles. The van der Waals surface area contributed by atoms with Crippen molar-refractivity contribution in [1.29, 1.82) is 0 Å². The maximum Gasteiger partial charge on any atom is 0.246 e. The summed E-state index contributed by atoms with van der Waals surface area (Å²) in [5.74, 6) is 0.348. The van der Waals surface area contributed by atoms with E-state index in [1.165, 1.54) is 12.8 Å². The number of amides is 1. The molecule has 0 bridgehead atoms. The molecule has 1 atom stereocenters. The predicted octanol–water partition coefficient (Wildman–Crippen LogP) is 2.51. The van der Waals surface area contributed by atoms with Crippen LogP contribution in [0.3, 0.4) is 0 Å². The monoisotopic (exact) mass is 240 g/mol. The van der Waals surface area contributed by atoms with Crippen LogP contribution in [0.25, 0.3) is 0 Å². The van der Waals surface area contributed by atoms with Crippen molar-refractivity contribution < 1.29 is 4.79 Å². The van der Waals surface area contributed by atoms with Crippen molar-refractivity contribution in [2.45, 2.75) is 44.6 Å². The van der Waals surface area contributed by atoms with Crippen molar-refractivity contribution >= 4 is 22.7 Å². The number of thioether (sulfide) groups is 1. The number of carbonyl (C=O) groups is 1. The first kappa shape index (κ1) is 13.3. The number of carbonyl (C=O) groups excluding carboxylic acids is 1. The van der Waals surface area contributed by atoms with Crippen LogP contribution in [0, 0.1) is 0 Å². The zero-order chi connectivity index (χ0) is 12.0. The third-order valence-electron chi connectivity index (χ3n) is 2.75. The second kappa shape index (κ2) is 6.09. The Morgan fingerprint density at radius 1 is 1.69 bits per heavy atom. The molecular formula is C12H20N2OS. The smallest absolute Gasteiger partial charge is 0.246 e. The van der Waals surface area contributed by atoms with E-state index >= 15 is 0 Å². The number of hydrogen-bond acceptors (Lipinski definition) is 3. The zero-order valence-corrected chi connectivity index (χ0v) is 10.7. The Balaban J connectivity index is 2.62. The summed E-state index contributed by atoms with van der Waals surface area (Å²) < 4.78 is 0. The van der Waals surface area contributed by atoms with E-state index in [1.54, 1.807) is 17.8 Å². The quantitative estimate of drug-likeness (QED) is 0.549. The van der Waals surface area contributed by atoms with Gasteiger partial charge in [-0.3, -0.25) is 9.79 Å². The first-order valence-electron chi connectivity index (χ1n) is 5.77. The van der Waals surface area contributed by atoms with Crippen LogP contribution in [-0.4, -0.2) is 22.2 Å². The molecule has 4 heteroatoms. The minimum Gasteiger partial charge on any atom is -0.368 e. The van der Waals surface area contributed by atoms with Gasteiger partial charge in [-0.05, 0) is 12.8 Å². The first-order chi connectivity index (χ1) is 7.64. The van der Waals surface area contributed by atoms with Crippen molar-refractivity contribution in [1.82, 2.24) is 0 Å². The SMILES string of the molecule is C=CC[C@]1(C(N)=O)CSC(CCCCC)=N1. The van der Waals surface area contributed by atoms with Gasteiger partial charge in [0, 0.05) is 12.2 Å². The van der Waals surface area contributed by atoms with Crippen molar-refractivity contribution in [3.8, 4) is 0 Å². The molecule has 2 N–H and O–H groups in total. The maximum atomic E-state index is 11.4. The fourth-order valence-corrected chi connectivity index (χ4v) is 2.99. The van der Waals surface area contributed by atoms with Crippen LogP contribution < -0.4 is 5.73 Å². The van der Waals surface area contributed by atoms with Gasteiger partial charge < -0.3 is 5.73 Å². The van der Waals surface area contributed by atoms with Gasteiger partial charge in [0.05, 0.1) is 5.04 Å². The molecular weight excluding hydrogens is 220 g/mol. The first-order valence-corrected chi connectivity index (χ1v) is 6.75. The molecule has 90 valence electrons. The van der Waals surface area contributed by atoms with E-state index in [9.17, 15) is 4.79 Å². The molecule has 1 heterocycles. The summed E-state index contributed by atoms with van der Waals surface area (Å²) in [6, 6.07) is 0. The molecule has 0 fully saturated rings. The van der Waals surface area contributed by atoms with Crippen molar-refractivity contribution in [2.24, 2.45) is 10.7 Å². The average Bonchev–Trinajstić information content (AvgIpc) is 2.64. The largest absolute Gasteiger partial charge is 0.368 e. The number of primary amides is 1. The van der Waals surface area contributed by atoms with Crippen molar-refractivity contribution in [3.63, 3.8) is 0 Å². The van der Waals surface area contributed by atoms with Crippen LogP contribution in [0.4, 0.5) is 0 Å². The summed E-state index contributed by atoms with van der Waals surface area (Å²) in [4.78, 5) is 16.0. The average molecular weight is 240 g/mol. The zero-order valence-electron chi connectivity index (χ0n) is 9.87. The van der Waals surface area contributed by atoms with E-state index in [0.29, 0.717) is 12.2 Å². The third-order valence-corrected chi connectivity index (χ3v) is 4.00. The minimum absolute atomic E-state index is 0.328. The Kier molecular flexibility index (Phi) is 5.06. The lowest BCUT2D eigenvalue weighted by Crippen LogP contribution is -2.42. The second-order valence-corrected chi connectivity index (χ2v) is 5.19. The van der Waals surface area contributed by atoms with Gasteiger partial charge in [-0.25, -0.2) is 0 Å². The lowest BCUT2D eigenvalue weighted by molar-refractivity contribution is -0.122. The predicted molar refractivity (Wildman–Crippen MR) is 70.8 cm³/mol. The highest BCUT2D eigenvalue weighted by Crippen LogP contribution is 2.32. The van der Waals surface area contributed by atoms with Gasteiger partial charge in [0.25, 0.3) is 0 Å². The van der Waals surface area contributed by atoms with E-state index in [-0.39, 0.29) is 5.91 Å².